The lowest BCUT2D eigenvalue weighted by Gasteiger charge is -2.07. The van der Waals surface area contributed by atoms with Crippen LogP contribution < -0.4 is 5.32 Å². The molecule has 0 amide bonds. The Balaban J connectivity index is 1.99. The van der Waals surface area contributed by atoms with Crippen LogP contribution in [0.3, 0.4) is 0 Å². The molecule has 1 aromatic heterocycles. The first-order valence-corrected chi connectivity index (χ1v) is 5.47. The third kappa shape index (κ3) is 2.63. The minimum atomic E-state index is -0.412. The molecule has 0 saturated carbocycles. The van der Waals surface area contributed by atoms with E-state index in [-0.39, 0.29) is 0 Å². The van der Waals surface area contributed by atoms with Crippen molar-refractivity contribution in [3.63, 3.8) is 0 Å². The summed E-state index contributed by atoms with van der Waals surface area (Å²) < 4.78 is 14.8. The molecule has 0 saturated heterocycles. The fraction of sp³-hybridized carbons (Fsp3) is 0.250. The Morgan fingerprint density at radius 1 is 1.50 bits per heavy atom. The molecule has 0 radical (unpaired) electrons. The number of nitrogens with one attached hydrogen (secondary N) is 1. The van der Waals surface area contributed by atoms with Crippen LogP contribution in [0.2, 0.25) is 0 Å². The second-order valence-corrected chi connectivity index (χ2v) is 3.84. The van der Waals surface area contributed by atoms with Gasteiger partial charge in [-0.25, -0.2) is 4.39 Å². The molecule has 0 atom stereocenters. The molecular formula is C12H12FN5. The zero-order valence-corrected chi connectivity index (χ0v) is 9.89. The summed E-state index contributed by atoms with van der Waals surface area (Å²) in [6, 6.07) is 6.05. The second-order valence-electron chi connectivity index (χ2n) is 3.84. The standard InChI is InChI=1S/C12H12FN5/c1-18-8-16-17-12(18)4-5-15-11-3-2-10(13)6-9(11)7-14/h2-3,6,8,15H,4-5H2,1H3. The highest BCUT2D eigenvalue weighted by Gasteiger charge is 2.04. The van der Waals surface area contributed by atoms with Gasteiger partial charge < -0.3 is 9.88 Å². The number of halogens is 1. The summed E-state index contributed by atoms with van der Waals surface area (Å²) in [4.78, 5) is 0. The van der Waals surface area contributed by atoms with Crippen molar-refractivity contribution in [2.24, 2.45) is 7.05 Å². The number of aromatic nitrogens is 3. The van der Waals surface area contributed by atoms with Gasteiger partial charge in [0.05, 0.1) is 11.3 Å². The lowest BCUT2D eigenvalue weighted by atomic mass is 10.2. The third-order valence-corrected chi connectivity index (χ3v) is 2.57. The average molecular weight is 245 g/mol. The molecule has 0 aliphatic rings. The molecule has 0 bridgehead atoms. The van der Waals surface area contributed by atoms with Crippen LogP contribution in [0, 0.1) is 17.1 Å². The Morgan fingerprint density at radius 2 is 2.33 bits per heavy atom. The van der Waals surface area contributed by atoms with E-state index in [1.807, 2.05) is 17.7 Å². The first-order chi connectivity index (χ1) is 8.70. The van der Waals surface area contributed by atoms with Crippen molar-refractivity contribution in [2.75, 3.05) is 11.9 Å². The summed E-state index contributed by atoms with van der Waals surface area (Å²) in [5, 5.41) is 19.7. The quantitative estimate of drug-likeness (QED) is 0.886. The van der Waals surface area contributed by atoms with Crippen LogP contribution in [-0.2, 0) is 13.5 Å². The van der Waals surface area contributed by atoms with Crippen LogP contribution in [0.15, 0.2) is 24.5 Å². The summed E-state index contributed by atoms with van der Waals surface area (Å²) in [6.07, 6.45) is 2.31. The number of hydrogen-bond acceptors (Lipinski definition) is 4. The van der Waals surface area contributed by atoms with Gasteiger partial charge in [0.15, 0.2) is 0 Å². The largest absolute Gasteiger partial charge is 0.384 e. The van der Waals surface area contributed by atoms with E-state index in [0.29, 0.717) is 24.2 Å². The molecule has 18 heavy (non-hydrogen) atoms. The van der Waals surface area contributed by atoms with Crippen molar-refractivity contribution in [1.82, 2.24) is 14.8 Å². The second kappa shape index (κ2) is 5.27. The molecule has 1 heterocycles. The molecule has 0 unspecified atom stereocenters. The summed E-state index contributed by atoms with van der Waals surface area (Å²) >= 11 is 0. The molecule has 0 spiro atoms. The number of hydrogen-bond donors (Lipinski definition) is 1. The SMILES string of the molecule is Cn1cnnc1CCNc1ccc(F)cc1C#N. The van der Waals surface area contributed by atoms with Crippen molar-refractivity contribution in [1.29, 1.82) is 5.26 Å². The maximum absolute atomic E-state index is 12.9. The predicted octanol–water partition coefficient (Wildman–Crippen LogP) is 1.48. The van der Waals surface area contributed by atoms with Gasteiger partial charge in [-0.1, -0.05) is 0 Å². The lowest BCUT2D eigenvalue weighted by molar-refractivity contribution is 0.627. The highest BCUT2D eigenvalue weighted by molar-refractivity contribution is 5.57. The Morgan fingerprint density at radius 3 is 3.00 bits per heavy atom. The van der Waals surface area contributed by atoms with Gasteiger partial charge in [-0.2, -0.15) is 5.26 Å². The smallest absolute Gasteiger partial charge is 0.134 e. The van der Waals surface area contributed by atoms with Crippen molar-refractivity contribution < 1.29 is 4.39 Å². The number of nitrogens with zero attached hydrogens (tertiary/aromatic N) is 4. The maximum Gasteiger partial charge on any atom is 0.134 e. The van der Waals surface area contributed by atoms with Gasteiger partial charge in [0, 0.05) is 20.0 Å². The zero-order valence-electron chi connectivity index (χ0n) is 9.89. The van der Waals surface area contributed by atoms with E-state index < -0.39 is 5.82 Å². The maximum atomic E-state index is 12.9. The first-order valence-electron chi connectivity index (χ1n) is 5.47. The van der Waals surface area contributed by atoms with Crippen LogP contribution in [0.5, 0.6) is 0 Å². The molecule has 1 N–H and O–H groups in total. The average Bonchev–Trinajstić information content (AvgIpc) is 2.77. The van der Waals surface area contributed by atoms with Gasteiger partial charge in [0.1, 0.15) is 24.0 Å². The Kier molecular flexibility index (Phi) is 3.53. The molecule has 2 rings (SSSR count). The van der Waals surface area contributed by atoms with Gasteiger partial charge in [-0.05, 0) is 18.2 Å². The fourth-order valence-electron chi connectivity index (χ4n) is 1.61. The van der Waals surface area contributed by atoms with E-state index >= 15 is 0 Å². The first kappa shape index (κ1) is 12.0. The van der Waals surface area contributed by atoms with Crippen LogP contribution in [-0.4, -0.2) is 21.3 Å². The third-order valence-electron chi connectivity index (χ3n) is 2.57. The van der Waals surface area contributed by atoms with Crippen LogP contribution in [0.1, 0.15) is 11.4 Å². The molecule has 6 heteroatoms. The minimum Gasteiger partial charge on any atom is -0.384 e. The highest BCUT2D eigenvalue weighted by atomic mass is 19.1. The summed E-state index contributed by atoms with van der Waals surface area (Å²) in [5.74, 6) is 0.438. The summed E-state index contributed by atoms with van der Waals surface area (Å²) in [7, 11) is 1.87. The van der Waals surface area contributed by atoms with E-state index in [0.717, 1.165) is 5.82 Å². The van der Waals surface area contributed by atoms with Crippen molar-refractivity contribution in [3.05, 3.63) is 41.7 Å². The van der Waals surface area contributed by atoms with E-state index in [1.54, 1.807) is 12.4 Å². The number of anilines is 1. The minimum absolute atomic E-state index is 0.299. The van der Waals surface area contributed by atoms with E-state index in [2.05, 4.69) is 15.5 Å². The molecule has 5 nitrogen and oxygen atoms in total. The lowest BCUT2D eigenvalue weighted by Crippen LogP contribution is -2.09. The molecule has 2 aromatic rings. The normalized spacial score (nSPS) is 10.1. The number of nitriles is 1. The van der Waals surface area contributed by atoms with Gasteiger partial charge in [0.2, 0.25) is 0 Å². The molecule has 0 aliphatic heterocycles. The summed E-state index contributed by atoms with van der Waals surface area (Å²) in [5.41, 5.74) is 0.925. The monoisotopic (exact) mass is 245 g/mol. The predicted molar refractivity (Wildman–Crippen MR) is 64.3 cm³/mol. The zero-order chi connectivity index (χ0) is 13.0. The van der Waals surface area contributed by atoms with Gasteiger partial charge >= 0.3 is 0 Å². The Labute approximate surface area is 104 Å². The number of aryl methyl sites for hydroxylation is 1. The number of rotatable bonds is 4. The number of benzene rings is 1. The molecule has 1 aromatic carbocycles. The van der Waals surface area contributed by atoms with Crippen LogP contribution >= 0.6 is 0 Å². The van der Waals surface area contributed by atoms with Crippen molar-refractivity contribution in [3.8, 4) is 6.07 Å². The summed E-state index contributed by atoms with van der Waals surface area (Å²) in [6.45, 7) is 0.604. The van der Waals surface area contributed by atoms with Crippen LogP contribution in [0.25, 0.3) is 0 Å². The highest BCUT2D eigenvalue weighted by Crippen LogP contribution is 2.15. The van der Waals surface area contributed by atoms with Gasteiger partial charge in [0.25, 0.3) is 0 Å². The van der Waals surface area contributed by atoms with E-state index in [9.17, 15) is 4.39 Å². The Hall–Kier alpha value is -2.42. The van der Waals surface area contributed by atoms with Gasteiger partial charge in [-0.3, -0.25) is 0 Å². The molecule has 92 valence electrons. The molecule has 0 fully saturated rings. The molecular weight excluding hydrogens is 233 g/mol. The molecule has 0 aliphatic carbocycles. The topological polar surface area (TPSA) is 66.5 Å². The van der Waals surface area contributed by atoms with Gasteiger partial charge in [-0.15, -0.1) is 10.2 Å². The fourth-order valence-corrected chi connectivity index (χ4v) is 1.61. The van der Waals surface area contributed by atoms with Crippen molar-refractivity contribution >= 4 is 5.69 Å². The van der Waals surface area contributed by atoms with E-state index in [1.165, 1.54) is 12.1 Å². The van der Waals surface area contributed by atoms with Crippen molar-refractivity contribution in [2.45, 2.75) is 6.42 Å². The van der Waals surface area contributed by atoms with E-state index in [4.69, 9.17) is 5.26 Å². The Bertz CT molecular complexity index is 584. The van der Waals surface area contributed by atoms with Crippen LogP contribution in [0.4, 0.5) is 10.1 Å².